The topological polar surface area (TPSA) is 8.17 Å². The molecular formula is C40H32N2. The van der Waals surface area contributed by atoms with Crippen LogP contribution in [0.3, 0.4) is 0 Å². The number of hydrogen-bond acceptors (Lipinski definition) is 1. The summed E-state index contributed by atoms with van der Waals surface area (Å²) >= 11 is 0. The molecular weight excluding hydrogens is 508 g/mol. The summed E-state index contributed by atoms with van der Waals surface area (Å²) in [7, 11) is 0. The van der Waals surface area contributed by atoms with Crippen LogP contribution >= 0.6 is 0 Å². The number of aromatic nitrogens is 1. The van der Waals surface area contributed by atoms with Crippen LogP contribution in [0.1, 0.15) is 19.4 Å². The van der Waals surface area contributed by atoms with Crippen LogP contribution in [0.15, 0.2) is 146 Å². The highest BCUT2D eigenvalue weighted by Gasteiger charge is 2.35. The van der Waals surface area contributed by atoms with Crippen molar-refractivity contribution in [3.63, 3.8) is 0 Å². The van der Waals surface area contributed by atoms with Gasteiger partial charge in [0.25, 0.3) is 0 Å². The summed E-state index contributed by atoms with van der Waals surface area (Å²) < 4.78 is 2.36. The number of para-hydroxylation sites is 3. The van der Waals surface area contributed by atoms with E-state index in [9.17, 15) is 0 Å². The van der Waals surface area contributed by atoms with Crippen LogP contribution < -0.4 is 4.90 Å². The zero-order valence-corrected chi connectivity index (χ0v) is 24.0. The Kier molecular flexibility index (Phi) is 5.58. The maximum Gasteiger partial charge on any atom is 0.0541 e. The maximum absolute atomic E-state index is 2.45. The van der Waals surface area contributed by atoms with E-state index in [1.807, 2.05) is 0 Å². The molecule has 1 aliphatic rings. The summed E-state index contributed by atoms with van der Waals surface area (Å²) in [6, 6.07) is 53.0. The lowest BCUT2D eigenvalue weighted by Crippen LogP contribution is -2.24. The van der Waals surface area contributed by atoms with E-state index in [4.69, 9.17) is 0 Å². The van der Waals surface area contributed by atoms with Crippen molar-refractivity contribution >= 4 is 33.2 Å². The Morgan fingerprint density at radius 1 is 0.452 bits per heavy atom. The second-order valence-corrected chi connectivity index (χ2v) is 12.0. The molecule has 0 atom stereocenters. The summed E-state index contributed by atoms with van der Waals surface area (Å²) in [5, 5.41) is 2.57. The fourth-order valence-corrected chi connectivity index (χ4v) is 6.77. The molecule has 42 heavy (non-hydrogen) atoms. The predicted octanol–water partition coefficient (Wildman–Crippen LogP) is 10.5. The second-order valence-electron chi connectivity index (χ2n) is 12.0. The maximum atomic E-state index is 2.45. The number of anilines is 2. The van der Waals surface area contributed by atoms with Crippen molar-refractivity contribution in [1.82, 2.24) is 4.57 Å². The average molecular weight is 541 g/mol. The summed E-state index contributed by atoms with van der Waals surface area (Å²) in [5.41, 5.74) is 12.7. The van der Waals surface area contributed by atoms with Crippen molar-refractivity contribution in [2.45, 2.75) is 19.3 Å². The van der Waals surface area contributed by atoms with Gasteiger partial charge in [-0.25, -0.2) is 0 Å². The van der Waals surface area contributed by atoms with Gasteiger partial charge in [-0.1, -0.05) is 117 Å². The fraction of sp³-hybridized carbons (Fsp3) is 0.100. The molecule has 2 nitrogen and oxygen atoms in total. The number of benzene rings is 6. The molecule has 0 radical (unpaired) electrons. The van der Waals surface area contributed by atoms with Gasteiger partial charge < -0.3 is 9.47 Å². The van der Waals surface area contributed by atoms with Gasteiger partial charge in [-0.05, 0) is 70.3 Å². The van der Waals surface area contributed by atoms with Crippen LogP contribution in [0.4, 0.5) is 11.4 Å². The van der Waals surface area contributed by atoms with E-state index in [1.165, 1.54) is 66.7 Å². The smallest absolute Gasteiger partial charge is 0.0541 e. The van der Waals surface area contributed by atoms with E-state index >= 15 is 0 Å². The first-order valence-corrected chi connectivity index (χ1v) is 14.7. The third-order valence-corrected chi connectivity index (χ3v) is 8.91. The Balaban J connectivity index is 1.05. The quantitative estimate of drug-likeness (QED) is 0.216. The molecule has 0 saturated heterocycles. The second kappa shape index (κ2) is 9.49. The van der Waals surface area contributed by atoms with Crippen LogP contribution in [0.2, 0.25) is 0 Å². The Hall–Kier alpha value is -5.08. The molecule has 0 N–H and O–H groups in total. The van der Waals surface area contributed by atoms with Crippen molar-refractivity contribution in [1.29, 1.82) is 0 Å². The van der Waals surface area contributed by atoms with Crippen LogP contribution in [0.5, 0.6) is 0 Å². The van der Waals surface area contributed by atoms with Gasteiger partial charge >= 0.3 is 0 Å². The molecule has 202 valence electrons. The summed E-state index contributed by atoms with van der Waals surface area (Å²) in [6.07, 6.45) is 0. The van der Waals surface area contributed by atoms with Gasteiger partial charge in [0.1, 0.15) is 0 Å². The minimum absolute atomic E-state index is 0.146. The predicted molar refractivity (Wildman–Crippen MR) is 178 cm³/mol. The van der Waals surface area contributed by atoms with Crippen molar-refractivity contribution in [3.8, 4) is 27.9 Å². The largest absolute Gasteiger partial charge is 0.340 e. The van der Waals surface area contributed by atoms with Crippen LogP contribution in [-0.4, -0.2) is 11.1 Å². The number of fused-ring (bicyclic) bond motifs is 4. The Labute approximate surface area is 247 Å². The van der Waals surface area contributed by atoms with E-state index in [2.05, 4.69) is 169 Å². The number of nitrogens with zero attached hydrogens (tertiary/aromatic N) is 2. The molecule has 0 amide bonds. The Morgan fingerprint density at radius 2 is 0.881 bits per heavy atom. The monoisotopic (exact) mass is 540 g/mol. The first-order chi connectivity index (χ1) is 20.6. The highest BCUT2D eigenvalue weighted by Crippen LogP contribution is 2.44. The first-order valence-electron chi connectivity index (χ1n) is 14.7. The molecule has 7 aromatic rings. The van der Waals surface area contributed by atoms with E-state index in [-0.39, 0.29) is 5.41 Å². The molecule has 2 heteroatoms. The zero-order valence-electron chi connectivity index (χ0n) is 24.0. The molecule has 0 aliphatic carbocycles. The van der Waals surface area contributed by atoms with Gasteiger partial charge in [0.05, 0.1) is 11.0 Å². The van der Waals surface area contributed by atoms with Crippen molar-refractivity contribution in [2.24, 2.45) is 0 Å². The normalized spacial score (nSPS) is 14.0. The summed E-state index contributed by atoms with van der Waals surface area (Å²) in [5.74, 6) is 0. The molecule has 0 bridgehead atoms. The van der Waals surface area contributed by atoms with Gasteiger partial charge in [-0.2, -0.15) is 0 Å². The average Bonchev–Trinajstić information content (AvgIpc) is 3.53. The van der Waals surface area contributed by atoms with Crippen LogP contribution in [0, 0.1) is 0 Å². The van der Waals surface area contributed by atoms with Gasteiger partial charge in [0, 0.05) is 39.8 Å². The van der Waals surface area contributed by atoms with Gasteiger partial charge in [0.15, 0.2) is 0 Å². The summed E-state index contributed by atoms with van der Waals surface area (Å²) in [6.45, 7) is 5.66. The van der Waals surface area contributed by atoms with Crippen LogP contribution in [-0.2, 0) is 5.41 Å². The standard InChI is InChI=1S/C40H32N2/c1-40(2)27-41(39-14-8-5-11-36(39)40)32-23-19-30(20-24-32)28-15-17-29(18-16-28)31-21-25-33(26-22-31)42-37-12-6-3-9-34(37)35-10-4-7-13-38(35)42/h3-26H,27H2,1-2H3. The third-order valence-electron chi connectivity index (χ3n) is 8.91. The SMILES string of the molecule is CC1(C)CN(c2ccc(-c3ccc(-c4ccc(-n5c6ccccc6c6ccccc65)cc4)cc3)cc2)c2ccccc21. The molecule has 0 saturated carbocycles. The molecule has 0 spiro atoms. The van der Waals surface area contributed by atoms with Crippen molar-refractivity contribution in [2.75, 3.05) is 11.4 Å². The van der Waals surface area contributed by atoms with E-state index in [0.29, 0.717) is 0 Å². The first kappa shape index (κ1) is 24.7. The zero-order chi connectivity index (χ0) is 28.3. The van der Waals surface area contributed by atoms with Gasteiger partial charge in [0.2, 0.25) is 0 Å². The molecule has 6 aromatic carbocycles. The Bertz CT molecular complexity index is 2010. The highest BCUT2D eigenvalue weighted by molar-refractivity contribution is 6.09. The van der Waals surface area contributed by atoms with Gasteiger partial charge in [-0.15, -0.1) is 0 Å². The lowest BCUT2D eigenvalue weighted by Gasteiger charge is -2.23. The van der Waals surface area contributed by atoms with Crippen molar-refractivity contribution in [3.05, 3.63) is 151 Å². The number of rotatable bonds is 4. The van der Waals surface area contributed by atoms with E-state index in [0.717, 1.165) is 6.54 Å². The molecule has 1 aromatic heterocycles. The molecule has 2 heterocycles. The highest BCUT2D eigenvalue weighted by atomic mass is 15.2. The Morgan fingerprint density at radius 3 is 1.43 bits per heavy atom. The molecule has 1 aliphatic heterocycles. The minimum Gasteiger partial charge on any atom is -0.340 e. The van der Waals surface area contributed by atoms with Crippen molar-refractivity contribution < 1.29 is 0 Å². The number of hydrogen-bond donors (Lipinski definition) is 0. The molecule has 0 unspecified atom stereocenters. The van der Waals surface area contributed by atoms with E-state index in [1.54, 1.807) is 0 Å². The van der Waals surface area contributed by atoms with E-state index < -0.39 is 0 Å². The molecule has 0 fully saturated rings. The van der Waals surface area contributed by atoms with Crippen LogP contribution in [0.25, 0.3) is 49.7 Å². The lowest BCUT2D eigenvalue weighted by molar-refractivity contribution is 0.569. The fourth-order valence-electron chi connectivity index (χ4n) is 6.77. The minimum atomic E-state index is 0.146. The van der Waals surface area contributed by atoms with Gasteiger partial charge in [-0.3, -0.25) is 0 Å². The molecule has 8 rings (SSSR count). The lowest BCUT2D eigenvalue weighted by atomic mass is 9.87. The summed E-state index contributed by atoms with van der Waals surface area (Å²) in [4.78, 5) is 2.45. The third kappa shape index (κ3) is 3.94.